The van der Waals surface area contributed by atoms with Gasteiger partial charge in [0.1, 0.15) is 0 Å². The number of hydrogen-bond acceptors (Lipinski definition) is 4. The van der Waals surface area contributed by atoms with Crippen molar-refractivity contribution in [2.24, 2.45) is 11.8 Å². The minimum Gasteiger partial charge on any atom is -0.481 e. The summed E-state index contributed by atoms with van der Waals surface area (Å²) in [4.78, 5) is 25.8. The molecule has 0 bridgehead atoms. The monoisotopic (exact) mass is 320 g/mol. The average Bonchev–Trinajstić information content (AvgIpc) is 2.27. The third-order valence-electron chi connectivity index (χ3n) is 2.65. The van der Waals surface area contributed by atoms with Crippen molar-refractivity contribution in [3.8, 4) is 0 Å². The number of rotatable bonds is 8. The van der Waals surface area contributed by atoms with Crippen molar-refractivity contribution < 1.29 is 24.8 Å². The molecule has 0 spiro atoms. The molecule has 106 valence electrons. The second-order valence-corrected chi connectivity index (χ2v) is 5.83. The molecule has 2 N–H and O–H groups in total. The predicted octanol–water partition coefficient (Wildman–Crippen LogP) is 2.22. The molecule has 0 saturated carbocycles. The first-order valence-corrected chi connectivity index (χ1v) is 6.49. The predicted molar refractivity (Wildman–Crippen MR) is 68.5 cm³/mol. The molecular weight excluding hydrogens is 306 g/mol. The van der Waals surface area contributed by atoms with E-state index in [1.165, 1.54) is 6.92 Å². The maximum Gasteiger partial charge on any atom is 0.310 e. The van der Waals surface area contributed by atoms with Gasteiger partial charge in [0.25, 0.3) is 0 Å². The van der Waals surface area contributed by atoms with Gasteiger partial charge >= 0.3 is 5.97 Å². The maximum absolute atomic E-state index is 11.2. The first-order valence-electron chi connectivity index (χ1n) is 5.18. The number of carbonyl (C=O) groups is 2. The number of carboxylic acids is 1. The Morgan fingerprint density at radius 2 is 1.72 bits per heavy atom. The summed E-state index contributed by atoms with van der Waals surface area (Å²) < 4.78 is 0. The third kappa shape index (κ3) is 4.55. The van der Waals surface area contributed by atoms with E-state index in [0.29, 0.717) is 0 Å². The van der Waals surface area contributed by atoms with Gasteiger partial charge in [-0.05, 0) is 13.8 Å². The maximum atomic E-state index is 11.2. The number of halogens is 3. The molecule has 5 nitrogen and oxygen atoms in total. The van der Waals surface area contributed by atoms with Crippen LogP contribution in [0.2, 0.25) is 0 Å². The largest absolute Gasteiger partial charge is 0.481 e. The zero-order valence-corrected chi connectivity index (χ0v) is 12.1. The van der Waals surface area contributed by atoms with E-state index in [9.17, 15) is 9.59 Å². The quantitative estimate of drug-likeness (QED) is 0.310. The number of alkyl halides is 3. The highest BCUT2D eigenvalue weighted by Crippen LogP contribution is 2.33. The van der Waals surface area contributed by atoms with Crippen LogP contribution in [0.15, 0.2) is 0 Å². The highest BCUT2D eigenvalue weighted by atomic mass is 35.5. The van der Waals surface area contributed by atoms with E-state index in [0.717, 1.165) is 0 Å². The van der Waals surface area contributed by atoms with Gasteiger partial charge in [0.15, 0.2) is 12.4 Å². The average molecular weight is 322 g/mol. The molecule has 0 aromatic heterocycles. The molecule has 0 fully saturated rings. The van der Waals surface area contributed by atoms with Crippen molar-refractivity contribution in [2.75, 3.05) is 0 Å². The van der Waals surface area contributed by atoms with Crippen LogP contribution in [0.1, 0.15) is 13.8 Å². The summed E-state index contributed by atoms with van der Waals surface area (Å²) in [5.74, 6) is -3.58. The lowest BCUT2D eigenvalue weighted by Crippen LogP contribution is -2.45. The van der Waals surface area contributed by atoms with Gasteiger partial charge < -0.3 is 9.90 Å². The van der Waals surface area contributed by atoms with Crippen LogP contribution in [0.5, 0.6) is 0 Å². The third-order valence-corrected chi connectivity index (χ3v) is 4.01. The fourth-order valence-corrected chi connectivity index (χ4v) is 2.67. The van der Waals surface area contributed by atoms with Crippen molar-refractivity contribution in [1.82, 2.24) is 0 Å². The van der Waals surface area contributed by atoms with Crippen molar-refractivity contribution in [3.63, 3.8) is 0 Å². The van der Waals surface area contributed by atoms with Crippen LogP contribution in [-0.2, 0) is 14.5 Å². The lowest BCUT2D eigenvalue weighted by molar-refractivity contribution is -0.280. The van der Waals surface area contributed by atoms with Crippen LogP contribution in [0.4, 0.5) is 0 Å². The van der Waals surface area contributed by atoms with Crippen LogP contribution in [0, 0.1) is 11.8 Å². The molecule has 0 aromatic carbocycles. The summed E-state index contributed by atoms with van der Waals surface area (Å²) >= 11 is 17.8. The van der Waals surface area contributed by atoms with E-state index in [1.54, 1.807) is 6.92 Å². The Labute approximate surface area is 120 Å². The van der Waals surface area contributed by atoms with Gasteiger partial charge in [-0.2, -0.15) is 0 Å². The number of aliphatic carboxylic acids is 1. The number of hydrogen-bond donors (Lipinski definition) is 2. The van der Waals surface area contributed by atoms with E-state index in [4.69, 9.17) is 45.2 Å². The number of carbonyl (C=O) groups excluding carboxylic acids is 1. The topological polar surface area (TPSA) is 83.8 Å². The molecule has 0 aliphatic heterocycles. The van der Waals surface area contributed by atoms with Crippen molar-refractivity contribution in [2.45, 2.75) is 36.1 Å². The van der Waals surface area contributed by atoms with E-state index in [2.05, 4.69) is 4.89 Å². The summed E-state index contributed by atoms with van der Waals surface area (Å²) in [6, 6.07) is 0. The first kappa shape index (κ1) is 17.9. The second kappa shape index (κ2) is 8.17. The molecule has 0 radical (unpaired) electrons. The Balaban J connectivity index is 5.36. The fraction of sp³-hybridized carbons (Fsp3) is 0.800. The number of aldehydes is 1. The molecule has 0 aliphatic rings. The Hall–Kier alpha value is -0.0700. The molecule has 0 rings (SSSR count). The van der Waals surface area contributed by atoms with Crippen molar-refractivity contribution in [1.29, 1.82) is 0 Å². The molecule has 0 aromatic rings. The molecule has 0 amide bonds. The lowest BCUT2D eigenvalue weighted by Gasteiger charge is -2.32. The van der Waals surface area contributed by atoms with Crippen LogP contribution in [0.25, 0.3) is 0 Å². The molecule has 0 aliphatic carbocycles. The molecule has 8 heteroatoms. The lowest BCUT2D eigenvalue weighted by atomic mass is 9.82. The summed E-state index contributed by atoms with van der Waals surface area (Å²) in [5.41, 5.74) is 0. The first-order chi connectivity index (χ1) is 8.27. The Morgan fingerprint density at radius 3 is 1.94 bits per heavy atom. The standard InChI is InChI=1S/C10H15Cl3O5/c1-4(11)7(9(13)5(2)12)8(10(15)16)6(3-14)18-17/h3-9,17H,1-2H3,(H,15,16)/t4?,5?,6-,7?,8?,9?/m1/s1. The van der Waals surface area contributed by atoms with Gasteiger partial charge in [-0.3, -0.25) is 10.1 Å². The molecular formula is C10H15Cl3O5. The highest BCUT2D eigenvalue weighted by molar-refractivity contribution is 6.30. The Bertz CT molecular complexity index is 285. The van der Waals surface area contributed by atoms with Gasteiger partial charge in [-0.25, -0.2) is 4.89 Å². The molecule has 18 heavy (non-hydrogen) atoms. The zero-order valence-electron chi connectivity index (χ0n) is 9.79. The fourth-order valence-electron chi connectivity index (χ4n) is 1.74. The second-order valence-electron chi connectivity index (χ2n) is 3.95. The smallest absolute Gasteiger partial charge is 0.310 e. The van der Waals surface area contributed by atoms with E-state index in [1.807, 2.05) is 0 Å². The van der Waals surface area contributed by atoms with Crippen LogP contribution < -0.4 is 0 Å². The van der Waals surface area contributed by atoms with Crippen LogP contribution >= 0.6 is 34.8 Å². The summed E-state index contributed by atoms with van der Waals surface area (Å²) in [6.45, 7) is 3.12. The van der Waals surface area contributed by atoms with Gasteiger partial charge in [0.2, 0.25) is 0 Å². The molecule has 0 saturated heterocycles. The SMILES string of the molecule is CC(Cl)C(Cl)C(C(C)Cl)C(C(=O)O)[C@@H](C=O)OO. The van der Waals surface area contributed by atoms with Crippen LogP contribution in [-0.4, -0.2) is 44.9 Å². The Kier molecular flexibility index (Phi) is 8.14. The molecule has 6 atom stereocenters. The highest BCUT2D eigenvalue weighted by Gasteiger charge is 2.44. The zero-order chi connectivity index (χ0) is 14.5. The van der Waals surface area contributed by atoms with Gasteiger partial charge in [-0.1, -0.05) is 0 Å². The summed E-state index contributed by atoms with van der Waals surface area (Å²) in [6.07, 6.45) is -1.36. The molecule has 0 heterocycles. The van der Waals surface area contributed by atoms with E-state index < -0.39 is 40.0 Å². The number of carboxylic acid groups (broad SMARTS) is 1. The van der Waals surface area contributed by atoms with Gasteiger partial charge in [0, 0.05) is 16.7 Å². The summed E-state index contributed by atoms with van der Waals surface area (Å²) in [5, 5.41) is 15.7. The van der Waals surface area contributed by atoms with Gasteiger partial charge in [0.05, 0.1) is 11.3 Å². The molecule has 5 unspecified atom stereocenters. The van der Waals surface area contributed by atoms with E-state index in [-0.39, 0.29) is 6.29 Å². The minimum atomic E-state index is -1.55. The van der Waals surface area contributed by atoms with Gasteiger partial charge in [-0.15, -0.1) is 34.8 Å². The Morgan fingerprint density at radius 1 is 1.22 bits per heavy atom. The minimum absolute atomic E-state index is 0.188. The van der Waals surface area contributed by atoms with Crippen molar-refractivity contribution in [3.05, 3.63) is 0 Å². The van der Waals surface area contributed by atoms with Crippen molar-refractivity contribution >= 4 is 47.1 Å². The van der Waals surface area contributed by atoms with E-state index >= 15 is 0 Å². The summed E-state index contributed by atoms with van der Waals surface area (Å²) in [7, 11) is 0. The normalized spacial score (nSPS) is 21.4. The van der Waals surface area contributed by atoms with Crippen LogP contribution in [0.3, 0.4) is 0 Å².